The van der Waals surface area contributed by atoms with Crippen molar-refractivity contribution in [1.82, 2.24) is 19.8 Å². The lowest BCUT2D eigenvalue weighted by atomic mass is 10.2. The number of hydrogen-bond donors (Lipinski definition) is 1. The predicted molar refractivity (Wildman–Crippen MR) is 87.3 cm³/mol. The molecule has 0 atom stereocenters. The van der Waals surface area contributed by atoms with E-state index in [0.717, 1.165) is 5.75 Å². The van der Waals surface area contributed by atoms with Crippen LogP contribution in [0.4, 0.5) is 0 Å². The molecule has 114 valence electrons. The van der Waals surface area contributed by atoms with Crippen LogP contribution in [0.25, 0.3) is 17.0 Å². The molecule has 0 amide bonds. The van der Waals surface area contributed by atoms with Crippen molar-refractivity contribution in [3.05, 3.63) is 70.7 Å². The smallest absolute Gasteiger partial charge is 0.290 e. The van der Waals surface area contributed by atoms with Gasteiger partial charge in [-0.2, -0.15) is 5.10 Å². The summed E-state index contributed by atoms with van der Waals surface area (Å²) < 4.78 is 6.90. The molecular weight excluding hydrogens is 312 g/mol. The average molecular weight is 324 g/mol. The minimum absolute atomic E-state index is 0.278. The molecule has 3 aromatic heterocycles. The van der Waals surface area contributed by atoms with E-state index in [-0.39, 0.29) is 5.56 Å². The number of furan rings is 1. The standard InChI is InChI=1S/C16H12N4O2S/c21-15-13-9-12(14-7-4-8-22-14)19-20(13)16(18-17-15)23-10-11-5-2-1-3-6-11/h1-9H,10H2,(H,17,21). The van der Waals surface area contributed by atoms with Crippen LogP contribution in [0.5, 0.6) is 0 Å². The maximum atomic E-state index is 12.0. The second-order valence-corrected chi connectivity index (χ2v) is 5.86. The van der Waals surface area contributed by atoms with Crippen LogP contribution in [0.15, 0.2) is 69.2 Å². The highest BCUT2D eigenvalue weighted by Gasteiger charge is 2.13. The first-order valence-electron chi connectivity index (χ1n) is 7.00. The van der Waals surface area contributed by atoms with E-state index in [0.29, 0.717) is 22.1 Å². The Morgan fingerprint density at radius 2 is 2.04 bits per heavy atom. The summed E-state index contributed by atoms with van der Waals surface area (Å²) in [5, 5.41) is 11.7. The lowest BCUT2D eigenvalue weighted by molar-refractivity contribution is 0.578. The molecule has 0 saturated heterocycles. The fourth-order valence-electron chi connectivity index (χ4n) is 2.25. The Morgan fingerprint density at radius 3 is 2.83 bits per heavy atom. The molecule has 0 aliphatic rings. The molecular formula is C16H12N4O2S. The zero-order valence-corrected chi connectivity index (χ0v) is 12.8. The van der Waals surface area contributed by atoms with E-state index in [1.807, 2.05) is 30.3 Å². The van der Waals surface area contributed by atoms with Crippen molar-refractivity contribution in [2.75, 3.05) is 0 Å². The van der Waals surface area contributed by atoms with Crippen molar-refractivity contribution >= 4 is 17.3 Å². The van der Waals surface area contributed by atoms with Gasteiger partial charge in [0.05, 0.1) is 6.26 Å². The van der Waals surface area contributed by atoms with Gasteiger partial charge in [-0.15, -0.1) is 5.10 Å². The molecule has 0 bridgehead atoms. The third kappa shape index (κ3) is 2.66. The molecule has 23 heavy (non-hydrogen) atoms. The van der Waals surface area contributed by atoms with Gasteiger partial charge >= 0.3 is 0 Å². The van der Waals surface area contributed by atoms with Crippen molar-refractivity contribution in [2.24, 2.45) is 0 Å². The minimum atomic E-state index is -0.278. The number of fused-ring (bicyclic) bond motifs is 1. The van der Waals surface area contributed by atoms with E-state index in [4.69, 9.17) is 4.42 Å². The van der Waals surface area contributed by atoms with E-state index in [9.17, 15) is 4.79 Å². The zero-order valence-electron chi connectivity index (χ0n) is 12.0. The van der Waals surface area contributed by atoms with Crippen molar-refractivity contribution in [1.29, 1.82) is 0 Å². The number of benzene rings is 1. The summed E-state index contributed by atoms with van der Waals surface area (Å²) in [5.74, 6) is 1.36. The highest BCUT2D eigenvalue weighted by molar-refractivity contribution is 7.98. The summed E-state index contributed by atoms with van der Waals surface area (Å²) in [6.45, 7) is 0. The largest absolute Gasteiger partial charge is 0.463 e. The maximum absolute atomic E-state index is 12.0. The van der Waals surface area contributed by atoms with Crippen molar-refractivity contribution < 1.29 is 4.42 Å². The van der Waals surface area contributed by atoms with Gasteiger partial charge in [0.2, 0.25) is 5.16 Å². The van der Waals surface area contributed by atoms with Gasteiger partial charge in [0.1, 0.15) is 11.2 Å². The van der Waals surface area contributed by atoms with Crippen LogP contribution < -0.4 is 5.56 Å². The van der Waals surface area contributed by atoms with Gasteiger partial charge in [-0.05, 0) is 17.7 Å². The van der Waals surface area contributed by atoms with Gasteiger partial charge in [0.25, 0.3) is 5.56 Å². The molecule has 0 fully saturated rings. The monoisotopic (exact) mass is 324 g/mol. The summed E-state index contributed by atoms with van der Waals surface area (Å²) in [6, 6.07) is 15.4. The second kappa shape index (κ2) is 5.77. The quantitative estimate of drug-likeness (QED) is 0.584. The minimum Gasteiger partial charge on any atom is -0.463 e. The number of rotatable bonds is 4. The van der Waals surface area contributed by atoms with Crippen LogP contribution in [-0.4, -0.2) is 19.8 Å². The van der Waals surface area contributed by atoms with E-state index in [1.54, 1.807) is 29.0 Å². The fourth-order valence-corrected chi connectivity index (χ4v) is 3.11. The van der Waals surface area contributed by atoms with E-state index >= 15 is 0 Å². The normalized spacial score (nSPS) is 11.1. The third-order valence-electron chi connectivity index (χ3n) is 3.36. The number of nitrogens with zero attached hydrogens (tertiary/aromatic N) is 3. The third-order valence-corrected chi connectivity index (χ3v) is 4.36. The number of aromatic amines is 1. The predicted octanol–water partition coefficient (Wildman–Crippen LogP) is 2.97. The molecule has 0 aliphatic heterocycles. The van der Waals surface area contributed by atoms with Gasteiger partial charge in [-0.1, -0.05) is 42.1 Å². The highest BCUT2D eigenvalue weighted by atomic mass is 32.2. The van der Waals surface area contributed by atoms with Gasteiger partial charge in [-0.25, -0.2) is 9.61 Å². The lowest BCUT2D eigenvalue weighted by Crippen LogP contribution is -2.13. The molecule has 1 aromatic carbocycles. The number of hydrogen-bond acceptors (Lipinski definition) is 5. The molecule has 4 aromatic rings. The Hall–Kier alpha value is -2.80. The average Bonchev–Trinajstić information content (AvgIpc) is 3.25. The second-order valence-electron chi connectivity index (χ2n) is 4.91. The van der Waals surface area contributed by atoms with Crippen LogP contribution >= 0.6 is 11.8 Å². The molecule has 0 saturated carbocycles. The molecule has 0 unspecified atom stereocenters. The highest BCUT2D eigenvalue weighted by Crippen LogP contribution is 2.23. The summed E-state index contributed by atoms with van der Waals surface area (Å²) in [4.78, 5) is 12.0. The zero-order chi connectivity index (χ0) is 15.6. The molecule has 0 radical (unpaired) electrons. The van der Waals surface area contributed by atoms with Gasteiger partial charge in [0, 0.05) is 11.8 Å². The van der Waals surface area contributed by atoms with Crippen molar-refractivity contribution in [2.45, 2.75) is 10.9 Å². The van der Waals surface area contributed by atoms with E-state index in [2.05, 4.69) is 15.3 Å². The first-order chi connectivity index (χ1) is 11.3. The van der Waals surface area contributed by atoms with E-state index in [1.165, 1.54) is 17.3 Å². The van der Waals surface area contributed by atoms with Crippen molar-refractivity contribution in [3.63, 3.8) is 0 Å². The summed E-state index contributed by atoms with van der Waals surface area (Å²) in [7, 11) is 0. The Kier molecular flexibility index (Phi) is 3.47. The molecule has 0 aliphatic carbocycles. The lowest BCUT2D eigenvalue weighted by Gasteiger charge is -2.02. The number of H-pyrrole nitrogens is 1. The van der Waals surface area contributed by atoms with Gasteiger partial charge < -0.3 is 4.42 Å². The van der Waals surface area contributed by atoms with Gasteiger partial charge in [0.15, 0.2) is 5.76 Å². The topological polar surface area (TPSA) is 76.2 Å². The summed E-state index contributed by atoms with van der Waals surface area (Å²) >= 11 is 1.51. The molecule has 7 heteroatoms. The molecule has 1 N–H and O–H groups in total. The molecule has 0 spiro atoms. The molecule has 6 nitrogen and oxygen atoms in total. The Bertz CT molecular complexity index is 990. The van der Waals surface area contributed by atoms with Crippen LogP contribution in [0.3, 0.4) is 0 Å². The number of nitrogens with one attached hydrogen (secondary N) is 1. The number of aromatic nitrogens is 4. The summed E-state index contributed by atoms with van der Waals surface area (Å²) in [6.07, 6.45) is 1.58. The van der Waals surface area contributed by atoms with Crippen LogP contribution in [-0.2, 0) is 5.75 Å². The SMILES string of the molecule is O=c1[nH]nc(SCc2ccccc2)n2nc(-c3ccco3)cc12. The maximum Gasteiger partial charge on any atom is 0.290 e. The molecule has 3 heterocycles. The van der Waals surface area contributed by atoms with Crippen LogP contribution in [0, 0.1) is 0 Å². The van der Waals surface area contributed by atoms with Crippen molar-refractivity contribution in [3.8, 4) is 11.5 Å². The van der Waals surface area contributed by atoms with E-state index < -0.39 is 0 Å². The summed E-state index contributed by atoms with van der Waals surface area (Å²) in [5.41, 5.74) is 1.95. The van der Waals surface area contributed by atoms with Crippen LogP contribution in [0.2, 0.25) is 0 Å². The van der Waals surface area contributed by atoms with Crippen LogP contribution in [0.1, 0.15) is 5.56 Å². The first kappa shape index (κ1) is 13.8. The fraction of sp³-hybridized carbons (Fsp3) is 0.0625. The first-order valence-corrected chi connectivity index (χ1v) is 7.99. The Morgan fingerprint density at radius 1 is 1.17 bits per heavy atom. The molecule has 4 rings (SSSR count). The van der Waals surface area contributed by atoms with Gasteiger partial charge in [-0.3, -0.25) is 4.79 Å². The number of thioether (sulfide) groups is 1. The Labute approximate surface area is 135 Å². The Balaban J connectivity index is 1.72.